The molecular weight excluding hydrogens is 1140 g/mol. The van der Waals surface area contributed by atoms with E-state index in [4.69, 9.17) is 0 Å². The van der Waals surface area contributed by atoms with Crippen LogP contribution in [-0.2, 0) is 0 Å². The highest BCUT2D eigenvalue weighted by Crippen LogP contribution is 2.45. The number of rotatable bonds is 12. The van der Waals surface area contributed by atoms with Crippen LogP contribution in [0.4, 0.5) is 51.7 Å². The Morgan fingerprint density at radius 3 is 0.935 bits per heavy atom. The molecule has 0 spiro atoms. The molecule has 0 atom stereocenters. The first-order valence-electron chi connectivity index (χ1n) is 30.5. The van der Waals surface area contributed by atoms with Crippen LogP contribution in [0.2, 0.25) is 0 Å². The first kappa shape index (κ1) is 54.0. The third kappa shape index (κ3) is 9.18. The zero-order chi connectivity index (χ0) is 61.6. The largest absolute Gasteiger partial charge is 0.310 e. The van der Waals surface area contributed by atoms with Crippen LogP contribution in [0.25, 0.3) is 111 Å². The van der Waals surface area contributed by atoms with Crippen molar-refractivity contribution in [2.24, 2.45) is 0 Å². The molecule has 17 aromatic rings. The Morgan fingerprint density at radius 1 is 0.207 bits per heavy atom. The summed E-state index contributed by atoms with van der Waals surface area (Å²) in [7, 11) is 0. The van der Waals surface area contributed by atoms with E-state index in [9.17, 15) is 8.78 Å². The van der Waals surface area contributed by atoms with Gasteiger partial charge in [-0.2, -0.15) is 0 Å². The average Bonchev–Trinajstić information content (AvgIpc) is 1.60. The van der Waals surface area contributed by atoms with Crippen molar-refractivity contribution in [3.8, 4) is 45.3 Å². The highest BCUT2D eigenvalue weighted by Gasteiger charge is 2.24. The van der Waals surface area contributed by atoms with Gasteiger partial charge in [0.25, 0.3) is 0 Å². The Balaban J connectivity index is 0.798. The van der Waals surface area contributed by atoms with E-state index < -0.39 is 0 Å². The topological polar surface area (TPSA) is 26.2 Å². The van der Waals surface area contributed by atoms with Gasteiger partial charge in [-0.1, -0.05) is 97.1 Å². The molecule has 13 aromatic carbocycles. The number of nitrogens with zero attached hydrogens (tertiary/aromatic N) is 6. The molecule has 0 saturated heterocycles. The minimum absolute atomic E-state index is 0.333. The number of anilines is 6. The average molecular weight is 1200 g/mol. The molecule has 0 saturated carbocycles. The van der Waals surface area contributed by atoms with Gasteiger partial charge in [-0.25, -0.2) is 17.6 Å². The van der Waals surface area contributed by atoms with Crippen LogP contribution in [-0.4, -0.2) is 18.3 Å². The second-order valence-electron chi connectivity index (χ2n) is 23.2. The maximum Gasteiger partial charge on any atom is 0.123 e. The van der Waals surface area contributed by atoms with Gasteiger partial charge < -0.3 is 28.1 Å². The van der Waals surface area contributed by atoms with Gasteiger partial charge in [0.2, 0.25) is 0 Å². The molecule has 0 fully saturated rings. The van der Waals surface area contributed by atoms with E-state index in [-0.39, 0.29) is 23.3 Å². The van der Waals surface area contributed by atoms with Crippen LogP contribution in [0.5, 0.6) is 0 Å². The van der Waals surface area contributed by atoms with Crippen molar-refractivity contribution < 1.29 is 17.6 Å². The fourth-order valence-electron chi connectivity index (χ4n) is 13.7. The summed E-state index contributed by atoms with van der Waals surface area (Å²) < 4.78 is 69.2. The van der Waals surface area contributed by atoms with Gasteiger partial charge in [0.05, 0.1) is 44.5 Å². The van der Waals surface area contributed by atoms with E-state index in [1.165, 1.54) is 36.4 Å². The summed E-state index contributed by atoms with van der Waals surface area (Å²) >= 11 is 0. The predicted octanol–water partition coefficient (Wildman–Crippen LogP) is 22.6. The molecule has 0 aliphatic carbocycles. The van der Waals surface area contributed by atoms with Gasteiger partial charge in [-0.05, 0) is 218 Å². The Bertz CT molecular complexity index is 5320. The molecule has 0 amide bonds. The van der Waals surface area contributed by atoms with E-state index >= 15 is 8.78 Å². The highest BCUT2D eigenvalue weighted by atomic mass is 19.1. The third-order valence-electron chi connectivity index (χ3n) is 17.7. The van der Waals surface area contributed by atoms with Crippen LogP contribution in [0.1, 0.15) is 0 Å². The molecule has 10 heteroatoms. The number of fused-ring (bicyclic) bond motifs is 8. The van der Waals surface area contributed by atoms with Gasteiger partial charge in [-0.3, -0.25) is 0 Å². The van der Waals surface area contributed by atoms with Crippen molar-refractivity contribution in [3.63, 3.8) is 0 Å². The first-order chi connectivity index (χ1) is 45.2. The van der Waals surface area contributed by atoms with Gasteiger partial charge in [-0.15, -0.1) is 0 Å². The molecule has 438 valence electrons. The molecule has 0 aliphatic rings. The van der Waals surface area contributed by atoms with Gasteiger partial charge in [0.15, 0.2) is 0 Å². The summed E-state index contributed by atoms with van der Waals surface area (Å²) in [4.78, 5) is 4.27. The van der Waals surface area contributed by atoms with Crippen molar-refractivity contribution >= 4 is 99.5 Å². The lowest BCUT2D eigenvalue weighted by Gasteiger charge is -2.26. The van der Waals surface area contributed by atoms with Crippen molar-refractivity contribution in [2.75, 3.05) is 9.80 Å². The van der Waals surface area contributed by atoms with E-state index in [1.807, 2.05) is 48.5 Å². The maximum atomic E-state index is 15.4. The van der Waals surface area contributed by atoms with E-state index in [1.54, 1.807) is 48.5 Å². The Morgan fingerprint density at radius 2 is 0.543 bits per heavy atom. The van der Waals surface area contributed by atoms with Crippen LogP contribution in [0.3, 0.4) is 0 Å². The number of aromatic nitrogens is 4. The normalized spacial score (nSPS) is 11.7. The van der Waals surface area contributed by atoms with E-state index in [2.05, 4.69) is 210 Å². The van der Waals surface area contributed by atoms with Crippen LogP contribution in [0.15, 0.2) is 315 Å². The summed E-state index contributed by atoms with van der Waals surface area (Å²) in [5.41, 5.74) is 17.8. The minimum Gasteiger partial charge on any atom is -0.310 e. The quantitative estimate of drug-likeness (QED) is 0.114. The fraction of sp³-hybridized carbons (Fsp3) is 0. The molecule has 0 N–H and O–H groups in total. The zero-order valence-corrected chi connectivity index (χ0v) is 49.2. The Hall–Kier alpha value is -12.1. The molecule has 0 bridgehead atoms. The van der Waals surface area contributed by atoms with Crippen molar-refractivity contribution in [3.05, 3.63) is 339 Å². The van der Waals surface area contributed by atoms with Crippen LogP contribution >= 0.6 is 0 Å². The lowest BCUT2D eigenvalue weighted by atomic mass is 10.1. The first-order valence-corrected chi connectivity index (χ1v) is 30.5. The number of para-hydroxylation sites is 4. The van der Waals surface area contributed by atoms with Crippen molar-refractivity contribution in [2.45, 2.75) is 0 Å². The van der Waals surface area contributed by atoms with Crippen molar-refractivity contribution in [1.29, 1.82) is 0 Å². The molecule has 0 aliphatic heterocycles. The summed E-state index contributed by atoms with van der Waals surface area (Å²) in [5, 5.41) is 6.15. The van der Waals surface area contributed by atoms with Crippen molar-refractivity contribution in [1.82, 2.24) is 18.3 Å². The Labute approximate surface area is 526 Å². The van der Waals surface area contributed by atoms with Crippen LogP contribution < -0.4 is 9.80 Å². The lowest BCUT2D eigenvalue weighted by Crippen LogP contribution is -2.10. The molecular formula is C82H52F4N6. The predicted molar refractivity (Wildman–Crippen MR) is 369 cm³/mol. The second-order valence-corrected chi connectivity index (χ2v) is 23.2. The monoisotopic (exact) mass is 1200 g/mol. The Kier molecular flexibility index (Phi) is 12.8. The maximum absolute atomic E-state index is 15.4. The second kappa shape index (κ2) is 21.9. The highest BCUT2D eigenvalue weighted by molar-refractivity contribution is 6.12. The summed E-state index contributed by atoms with van der Waals surface area (Å²) in [6, 6.07) is 102. The smallest absolute Gasteiger partial charge is 0.123 e. The van der Waals surface area contributed by atoms with Crippen LogP contribution in [0, 0.1) is 23.3 Å². The number of hydrogen-bond acceptors (Lipinski definition) is 2. The van der Waals surface area contributed by atoms with E-state index in [0.29, 0.717) is 11.1 Å². The fourth-order valence-corrected chi connectivity index (χ4v) is 13.7. The number of halogens is 4. The zero-order valence-electron chi connectivity index (χ0n) is 49.2. The van der Waals surface area contributed by atoms with E-state index in [0.717, 1.165) is 134 Å². The number of hydrogen-bond donors (Lipinski definition) is 0. The molecule has 0 radical (unpaired) electrons. The molecule has 92 heavy (non-hydrogen) atoms. The van der Waals surface area contributed by atoms with Gasteiger partial charge in [0, 0.05) is 100 Å². The van der Waals surface area contributed by atoms with Gasteiger partial charge >= 0.3 is 0 Å². The number of benzene rings is 13. The third-order valence-corrected chi connectivity index (χ3v) is 17.7. The molecule has 6 nitrogen and oxygen atoms in total. The summed E-state index contributed by atoms with van der Waals surface area (Å²) in [6.45, 7) is 0. The lowest BCUT2D eigenvalue weighted by molar-refractivity contribution is 0.627. The molecule has 17 rings (SSSR count). The molecule has 4 heterocycles. The molecule has 0 unspecified atom stereocenters. The standard InChI is InChI=1S/C82H52F4N6/c83-57-25-29-63(30-26-57)87(69-41-43-77-73(51-69)71-21-7-9-23-75(71)89(77)61-17-3-1-4-18-61)65-33-37-67(38-34-65)91-79(53-13-11-15-59(85)45-53)47-55-50-82-56(49-81(55)91)48-80(54-14-12-16-60(86)46-54)92(82)68-39-35-66(36-40-68)88(64-31-27-58(84)28-32-64)70-42-44-78-74(52-70)72-22-8-10-24-76(72)90(78)62-19-5-2-6-20-62/h1-52H. The summed E-state index contributed by atoms with van der Waals surface area (Å²) in [5.74, 6) is -1.38. The minimum atomic E-state index is -0.359. The van der Waals surface area contributed by atoms with Gasteiger partial charge in [0.1, 0.15) is 23.3 Å². The summed E-state index contributed by atoms with van der Waals surface area (Å²) in [6.07, 6.45) is 0. The SMILES string of the molecule is Fc1ccc(N(c2ccc(-n3c(-c4cccc(F)c4)cc4cc5c(cc(-c6cccc(F)c6)n5-c5ccc(N(c6ccc(F)cc6)c6ccc7c(c6)c6ccccc6n7-c6ccccc6)cc5)cc43)cc2)c2ccc3c(c2)c2ccccc2n3-c2ccccc2)cc1. The molecule has 4 aromatic heterocycles.